The molecule has 8 heteroatoms. The number of hydrogen-bond acceptors (Lipinski definition) is 7. The summed E-state index contributed by atoms with van der Waals surface area (Å²) in [4.78, 5) is 24.4. The fourth-order valence-corrected chi connectivity index (χ4v) is 3.11. The van der Waals surface area contributed by atoms with Crippen LogP contribution < -0.4 is 14.8 Å². The first-order valence-corrected chi connectivity index (χ1v) is 9.95. The molecule has 0 atom stereocenters. The summed E-state index contributed by atoms with van der Waals surface area (Å²) in [7, 11) is 0. The van der Waals surface area contributed by atoms with Crippen LogP contribution in [0.4, 0.5) is 5.00 Å². The molecule has 0 bridgehead atoms. The second-order valence-electron chi connectivity index (χ2n) is 5.90. The Kier molecular flexibility index (Phi) is 7.29. The Morgan fingerprint density at radius 2 is 1.69 bits per heavy atom. The van der Waals surface area contributed by atoms with Crippen LogP contribution in [0, 0.1) is 0 Å². The van der Waals surface area contributed by atoms with E-state index in [0.717, 1.165) is 23.5 Å². The number of rotatable bonds is 10. The van der Waals surface area contributed by atoms with Gasteiger partial charge in [-0.3, -0.25) is 4.79 Å². The zero-order valence-corrected chi connectivity index (χ0v) is 16.7. The molecular formula is C21H21NO6S. The fourth-order valence-electron chi connectivity index (χ4n) is 2.31. The minimum Gasteiger partial charge on any atom is -0.494 e. The third-order valence-electron chi connectivity index (χ3n) is 3.67. The zero-order valence-electron chi connectivity index (χ0n) is 15.9. The van der Waals surface area contributed by atoms with E-state index >= 15 is 0 Å². The number of amides is 1. The van der Waals surface area contributed by atoms with Crippen molar-refractivity contribution in [2.75, 3.05) is 25.1 Å². The van der Waals surface area contributed by atoms with Crippen molar-refractivity contribution in [3.8, 4) is 11.5 Å². The monoisotopic (exact) mass is 415 g/mol. The second kappa shape index (κ2) is 10.3. The molecule has 1 aromatic carbocycles. The average molecular weight is 415 g/mol. The SMILES string of the molecule is CCCOc1ccc(OCCOC(=O)c2ccc(NC(=O)c3ccco3)s2)cc1. The molecule has 0 saturated carbocycles. The van der Waals surface area contributed by atoms with Crippen LogP contribution in [0.15, 0.2) is 59.2 Å². The van der Waals surface area contributed by atoms with Gasteiger partial charge in [-0.15, -0.1) is 11.3 Å². The third kappa shape index (κ3) is 6.11. The lowest BCUT2D eigenvalue weighted by molar-refractivity contribution is 0.0456. The summed E-state index contributed by atoms with van der Waals surface area (Å²) >= 11 is 1.13. The molecule has 0 unspecified atom stereocenters. The van der Waals surface area contributed by atoms with Gasteiger partial charge >= 0.3 is 5.97 Å². The number of ether oxygens (including phenoxy) is 3. The van der Waals surface area contributed by atoms with Gasteiger partial charge in [-0.1, -0.05) is 6.92 Å². The van der Waals surface area contributed by atoms with E-state index in [2.05, 4.69) is 5.32 Å². The summed E-state index contributed by atoms with van der Waals surface area (Å²) in [6, 6.07) is 13.7. The highest BCUT2D eigenvalue weighted by Gasteiger charge is 2.14. The summed E-state index contributed by atoms with van der Waals surface area (Å²) in [5, 5.41) is 3.20. The van der Waals surface area contributed by atoms with Crippen LogP contribution in [0.5, 0.6) is 11.5 Å². The van der Waals surface area contributed by atoms with E-state index in [4.69, 9.17) is 18.6 Å². The van der Waals surface area contributed by atoms with E-state index < -0.39 is 5.97 Å². The van der Waals surface area contributed by atoms with Gasteiger partial charge in [0, 0.05) is 0 Å². The molecule has 0 spiro atoms. The molecule has 2 heterocycles. The van der Waals surface area contributed by atoms with Crippen LogP contribution in [0.3, 0.4) is 0 Å². The molecule has 0 aliphatic carbocycles. The van der Waals surface area contributed by atoms with Crippen molar-refractivity contribution in [2.45, 2.75) is 13.3 Å². The number of benzene rings is 1. The number of carbonyl (C=O) groups excluding carboxylic acids is 2. The van der Waals surface area contributed by atoms with Gasteiger partial charge in [0.25, 0.3) is 5.91 Å². The standard InChI is InChI=1S/C21H21NO6S/c1-2-11-25-15-5-7-16(8-6-15)26-13-14-28-21(24)18-9-10-19(29-18)22-20(23)17-4-3-12-27-17/h3-10,12H,2,11,13-14H2,1H3,(H,22,23). The van der Waals surface area contributed by atoms with E-state index in [1.165, 1.54) is 6.26 Å². The molecule has 3 rings (SSSR count). The van der Waals surface area contributed by atoms with Crippen LogP contribution in [0.25, 0.3) is 0 Å². The lowest BCUT2D eigenvalue weighted by Crippen LogP contribution is -2.11. The molecule has 7 nitrogen and oxygen atoms in total. The van der Waals surface area contributed by atoms with Crippen molar-refractivity contribution < 1.29 is 28.2 Å². The van der Waals surface area contributed by atoms with Crippen molar-refractivity contribution in [1.29, 1.82) is 0 Å². The van der Waals surface area contributed by atoms with Gasteiger partial charge < -0.3 is 23.9 Å². The van der Waals surface area contributed by atoms with Crippen molar-refractivity contribution in [3.05, 3.63) is 65.4 Å². The Morgan fingerprint density at radius 1 is 0.966 bits per heavy atom. The van der Waals surface area contributed by atoms with Gasteiger partial charge in [0.05, 0.1) is 17.9 Å². The number of nitrogens with one attached hydrogen (secondary N) is 1. The highest BCUT2D eigenvalue weighted by Crippen LogP contribution is 2.23. The summed E-state index contributed by atoms with van der Waals surface area (Å²) in [5.74, 6) is 0.809. The predicted molar refractivity (Wildman–Crippen MR) is 109 cm³/mol. The molecule has 1 N–H and O–H groups in total. The van der Waals surface area contributed by atoms with Crippen LogP contribution >= 0.6 is 11.3 Å². The van der Waals surface area contributed by atoms with Crippen molar-refractivity contribution in [3.63, 3.8) is 0 Å². The molecule has 152 valence electrons. The lowest BCUT2D eigenvalue weighted by atomic mass is 10.3. The average Bonchev–Trinajstić information content (AvgIpc) is 3.42. The highest BCUT2D eigenvalue weighted by atomic mass is 32.1. The Balaban J connectivity index is 1.39. The largest absolute Gasteiger partial charge is 0.494 e. The first-order valence-electron chi connectivity index (χ1n) is 9.13. The molecule has 0 fully saturated rings. The number of furan rings is 1. The number of esters is 1. The minimum absolute atomic E-state index is 0.110. The van der Waals surface area contributed by atoms with Gasteiger partial charge in [0.15, 0.2) is 5.76 Å². The number of thiophene rings is 1. The Hall–Kier alpha value is -3.26. The van der Waals surface area contributed by atoms with Gasteiger partial charge in [0.1, 0.15) is 29.6 Å². The summed E-state index contributed by atoms with van der Waals surface area (Å²) in [5.41, 5.74) is 0. The maximum Gasteiger partial charge on any atom is 0.348 e. The smallest absolute Gasteiger partial charge is 0.348 e. The van der Waals surface area contributed by atoms with Crippen LogP contribution in [0.2, 0.25) is 0 Å². The Morgan fingerprint density at radius 3 is 2.34 bits per heavy atom. The number of hydrogen-bond donors (Lipinski definition) is 1. The maximum atomic E-state index is 12.1. The molecule has 0 aliphatic rings. The van der Waals surface area contributed by atoms with Crippen LogP contribution in [-0.2, 0) is 4.74 Å². The van der Waals surface area contributed by atoms with Crippen molar-refractivity contribution in [1.82, 2.24) is 0 Å². The molecule has 2 aromatic heterocycles. The van der Waals surface area contributed by atoms with Crippen LogP contribution in [-0.4, -0.2) is 31.7 Å². The Bertz CT molecular complexity index is 917. The molecule has 3 aromatic rings. The van der Waals surface area contributed by atoms with Crippen LogP contribution in [0.1, 0.15) is 33.6 Å². The number of carbonyl (C=O) groups is 2. The minimum atomic E-state index is -0.472. The fraction of sp³-hybridized carbons (Fsp3) is 0.238. The predicted octanol–water partition coefficient (Wildman–Crippen LogP) is 4.62. The van der Waals surface area contributed by atoms with Crippen molar-refractivity contribution >= 4 is 28.2 Å². The van der Waals surface area contributed by atoms with Gasteiger partial charge in [-0.2, -0.15) is 0 Å². The van der Waals surface area contributed by atoms with Gasteiger partial charge in [-0.25, -0.2) is 4.79 Å². The van der Waals surface area contributed by atoms with Gasteiger partial charge in [-0.05, 0) is 55.0 Å². The molecule has 1 amide bonds. The van der Waals surface area contributed by atoms with Gasteiger partial charge in [0.2, 0.25) is 0 Å². The van der Waals surface area contributed by atoms with E-state index in [-0.39, 0.29) is 24.9 Å². The first kappa shape index (κ1) is 20.5. The maximum absolute atomic E-state index is 12.1. The lowest BCUT2D eigenvalue weighted by Gasteiger charge is -2.08. The Labute approximate surface area is 172 Å². The molecular weight excluding hydrogens is 394 g/mol. The first-order chi connectivity index (χ1) is 14.2. The summed E-state index contributed by atoms with van der Waals surface area (Å²) in [6.45, 7) is 3.06. The van der Waals surface area contributed by atoms with E-state index in [0.29, 0.717) is 22.2 Å². The highest BCUT2D eigenvalue weighted by molar-refractivity contribution is 7.18. The third-order valence-corrected chi connectivity index (χ3v) is 4.65. The second-order valence-corrected chi connectivity index (χ2v) is 6.98. The zero-order chi connectivity index (χ0) is 20.5. The van der Waals surface area contributed by atoms with Crippen molar-refractivity contribution in [2.24, 2.45) is 0 Å². The molecule has 29 heavy (non-hydrogen) atoms. The molecule has 0 saturated heterocycles. The summed E-state index contributed by atoms with van der Waals surface area (Å²) < 4.78 is 21.3. The van der Waals surface area contributed by atoms with E-state index in [1.54, 1.807) is 36.4 Å². The quantitative estimate of drug-likeness (QED) is 0.384. The number of anilines is 1. The van der Waals surface area contributed by atoms with E-state index in [9.17, 15) is 9.59 Å². The molecule has 0 aliphatic heterocycles. The normalized spacial score (nSPS) is 10.4. The topological polar surface area (TPSA) is 87.0 Å². The summed E-state index contributed by atoms with van der Waals surface area (Å²) in [6.07, 6.45) is 2.37. The van der Waals surface area contributed by atoms with E-state index in [1.807, 2.05) is 19.1 Å². The molecule has 0 radical (unpaired) electrons.